The Bertz CT molecular complexity index is 452. The van der Waals surface area contributed by atoms with Crippen molar-refractivity contribution in [3.05, 3.63) is 35.4 Å². The summed E-state index contributed by atoms with van der Waals surface area (Å²) in [6, 6.07) is 5.04. The average Bonchev–Trinajstić information content (AvgIpc) is 2.26. The molecule has 0 amide bonds. The maximum absolute atomic E-state index is 11.2. The van der Waals surface area contributed by atoms with Crippen molar-refractivity contribution in [2.24, 2.45) is 0 Å². The van der Waals surface area contributed by atoms with Crippen LogP contribution in [-0.4, -0.2) is 22.1 Å². The van der Waals surface area contributed by atoms with Crippen molar-refractivity contribution in [3.8, 4) is 0 Å². The molecular formula is C10H4Cl2O4. The normalized spacial score (nSPS) is 9.62. The first-order valence-electron chi connectivity index (χ1n) is 4.02. The van der Waals surface area contributed by atoms with Crippen LogP contribution in [-0.2, 0) is 9.59 Å². The van der Waals surface area contributed by atoms with Crippen LogP contribution < -0.4 is 0 Å². The second kappa shape index (κ2) is 5.01. The van der Waals surface area contributed by atoms with Crippen LogP contribution in [0.2, 0.25) is 0 Å². The lowest BCUT2D eigenvalue weighted by Crippen LogP contribution is -2.11. The number of Topliss-reactive ketones (excluding diaryl/α,β-unsaturated/α-hetero) is 2. The van der Waals surface area contributed by atoms with Gasteiger partial charge in [-0.05, 0) is 29.3 Å². The van der Waals surface area contributed by atoms with E-state index in [-0.39, 0.29) is 11.1 Å². The van der Waals surface area contributed by atoms with E-state index >= 15 is 0 Å². The summed E-state index contributed by atoms with van der Waals surface area (Å²) in [6.45, 7) is 0. The quantitative estimate of drug-likeness (QED) is 0.467. The molecule has 0 aliphatic carbocycles. The van der Waals surface area contributed by atoms with Crippen LogP contribution in [0.4, 0.5) is 0 Å². The van der Waals surface area contributed by atoms with Gasteiger partial charge < -0.3 is 0 Å². The maximum Gasteiger partial charge on any atom is 0.293 e. The fourth-order valence-corrected chi connectivity index (χ4v) is 1.25. The van der Waals surface area contributed by atoms with Gasteiger partial charge in [0.05, 0.1) is 0 Å². The van der Waals surface area contributed by atoms with Gasteiger partial charge in [0, 0.05) is 11.1 Å². The number of ketones is 2. The van der Waals surface area contributed by atoms with Gasteiger partial charge in [-0.1, -0.05) is 18.2 Å². The molecule has 0 spiro atoms. The maximum atomic E-state index is 11.2. The van der Waals surface area contributed by atoms with E-state index in [9.17, 15) is 19.2 Å². The lowest BCUT2D eigenvalue weighted by atomic mass is 10.1. The Kier molecular flexibility index (Phi) is 3.93. The third kappa shape index (κ3) is 2.74. The second-order valence-electron chi connectivity index (χ2n) is 2.79. The molecule has 0 aliphatic rings. The molecule has 1 aromatic rings. The Hall–Kier alpha value is -1.52. The molecule has 0 N–H and O–H groups in total. The molecule has 0 aromatic heterocycles. The molecule has 1 rings (SSSR count). The zero-order valence-electron chi connectivity index (χ0n) is 7.70. The van der Waals surface area contributed by atoms with E-state index in [1.807, 2.05) is 0 Å². The highest BCUT2D eigenvalue weighted by Crippen LogP contribution is 2.09. The standard InChI is InChI=1S/C10H4Cl2O4/c11-9(15)7(13)5-2-1-3-6(4-5)8(14)10(12)16/h1-4H. The highest BCUT2D eigenvalue weighted by molar-refractivity contribution is 6.84. The van der Waals surface area contributed by atoms with E-state index in [0.717, 1.165) is 6.07 Å². The van der Waals surface area contributed by atoms with Crippen LogP contribution in [0.25, 0.3) is 0 Å². The lowest BCUT2D eigenvalue weighted by molar-refractivity contribution is -0.108. The summed E-state index contributed by atoms with van der Waals surface area (Å²) >= 11 is 9.98. The topological polar surface area (TPSA) is 68.3 Å². The van der Waals surface area contributed by atoms with Crippen molar-refractivity contribution in [2.45, 2.75) is 0 Å². The van der Waals surface area contributed by atoms with Crippen LogP contribution >= 0.6 is 23.2 Å². The molecule has 0 unspecified atom stereocenters. The fourth-order valence-electron chi connectivity index (χ4n) is 1.03. The molecule has 0 atom stereocenters. The van der Waals surface area contributed by atoms with Gasteiger partial charge in [-0.2, -0.15) is 0 Å². The molecule has 0 heterocycles. The zero-order chi connectivity index (χ0) is 12.3. The van der Waals surface area contributed by atoms with Crippen molar-refractivity contribution >= 4 is 45.3 Å². The van der Waals surface area contributed by atoms with Crippen LogP contribution in [0.15, 0.2) is 24.3 Å². The first-order valence-corrected chi connectivity index (χ1v) is 4.77. The van der Waals surface area contributed by atoms with Gasteiger partial charge in [0.15, 0.2) is 0 Å². The van der Waals surface area contributed by atoms with Gasteiger partial charge in [0.25, 0.3) is 10.5 Å². The zero-order valence-corrected chi connectivity index (χ0v) is 9.21. The third-order valence-corrected chi connectivity index (χ3v) is 2.09. The molecule has 4 nitrogen and oxygen atoms in total. The molecule has 0 saturated carbocycles. The molecule has 1 aromatic carbocycles. The van der Waals surface area contributed by atoms with Crippen molar-refractivity contribution in [3.63, 3.8) is 0 Å². The smallest absolute Gasteiger partial charge is 0.284 e. The summed E-state index contributed by atoms with van der Waals surface area (Å²) in [4.78, 5) is 43.6. The Balaban J connectivity index is 3.14. The Morgan fingerprint density at radius 2 is 1.19 bits per heavy atom. The number of rotatable bonds is 4. The van der Waals surface area contributed by atoms with Crippen molar-refractivity contribution in [2.75, 3.05) is 0 Å². The molecular weight excluding hydrogens is 255 g/mol. The molecule has 16 heavy (non-hydrogen) atoms. The van der Waals surface area contributed by atoms with Crippen molar-refractivity contribution < 1.29 is 19.2 Å². The van der Waals surface area contributed by atoms with Crippen LogP contribution in [0.5, 0.6) is 0 Å². The Morgan fingerprint density at radius 3 is 1.50 bits per heavy atom. The summed E-state index contributed by atoms with van der Waals surface area (Å²) < 4.78 is 0. The van der Waals surface area contributed by atoms with E-state index in [1.54, 1.807) is 0 Å². The molecule has 6 heteroatoms. The number of carbonyl (C=O) groups excluding carboxylic acids is 4. The minimum Gasteiger partial charge on any atom is -0.284 e. The fraction of sp³-hybridized carbons (Fsp3) is 0. The SMILES string of the molecule is O=C(Cl)C(=O)c1cccc(C(=O)C(=O)Cl)c1. The minimum atomic E-state index is -1.17. The predicted molar refractivity (Wildman–Crippen MR) is 56.8 cm³/mol. The molecule has 0 radical (unpaired) electrons. The summed E-state index contributed by atoms with van der Waals surface area (Å²) in [5.41, 5.74) is -0.132. The second-order valence-corrected chi connectivity index (χ2v) is 3.47. The van der Waals surface area contributed by atoms with E-state index in [0.29, 0.717) is 0 Å². The van der Waals surface area contributed by atoms with Crippen molar-refractivity contribution in [1.82, 2.24) is 0 Å². The minimum absolute atomic E-state index is 0.0660. The molecule has 82 valence electrons. The molecule has 0 saturated heterocycles. The summed E-state index contributed by atoms with van der Waals surface area (Å²) in [6.07, 6.45) is 0. The number of benzene rings is 1. The Morgan fingerprint density at radius 1 is 0.812 bits per heavy atom. The first-order chi connectivity index (χ1) is 7.43. The van der Waals surface area contributed by atoms with E-state index < -0.39 is 22.1 Å². The van der Waals surface area contributed by atoms with Gasteiger partial charge in [-0.3, -0.25) is 19.2 Å². The first kappa shape index (κ1) is 12.5. The highest BCUT2D eigenvalue weighted by Gasteiger charge is 2.18. The largest absolute Gasteiger partial charge is 0.293 e. The highest BCUT2D eigenvalue weighted by atomic mass is 35.5. The molecule has 0 aliphatic heterocycles. The van der Waals surface area contributed by atoms with Gasteiger partial charge >= 0.3 is 0 Å². The van der Waals surface area contributed by atoms with Crippen LogP contribution in [0.1, 0.15) is 20.7 Å². The molecule has 0 fully saturated rings. The summed E-state index contributed by atoms with van der Waals surface area (Å²) in [7, 11) is 0. The predicted octanol–water partition coefficient (Wildman–Crippen LogP) is 1.58. The number of halogens is 2. The Labute approximate surface area is 100 Å². The van der Waals surface area contributed by atoms with Gasteiger partial charge in [-0.15, -0.1) is 0 Å². The van der Waals surface area contributed by atoms with Crippen LogP contribution in [0.3, 0.4) is 0 Å². The lowest BCUT2D eigenvalue weighted by Gasteiger charge is -1.99. The van der Waals surface area contributed by atoms with E-state index in [4.69, 9.17) is 23.2 Å². The third-order valence-electron chi connectivity index (χ3n) is 1.74. The summed E-state index contributed by atoms with van der Waals surface area (Å²) in [5.74, 6) is -1.89. The van der Waals surface area contributed by atoms with Crippen LogP contribution in [0, 0.1) is 0 Å². The van der Waals surface area contributed by atoms with Gasteiger partial charge in [0.1, 0.15) is 0 Å². The van der Waals surface area contributed by atoms with Gasteiger partial charge in [-0.25, -0.2) is 0 Å². The van der Waals surface area contributed by atoms with E-state index in [1.165, 1.54) is 18.2 Å². The summed E-state index contributed by atoms with van der Waals surface area (Å²) in [5, 5.41) is -2.33. The monoisotopic (exact) mass is 258 g/mol. The van der Waals surface area contributed by atoms with E-state index in [2.05, 4.69) is 0 Å². The van der Waals surface area contributed by atoms with Gasteiger partial charge in [0.2, 0.25) is 11.6 Å². The van der Waals surface area contributed by atoms with Crippen molar-refractivity contribution in [1.29, 1.82) is 0 Å². The number of hydrogen-bond donors (Lipinski definition) is 0. The number of carbonyl (C=O) groups is 4. The number of hydrogen-bond acceptors (Lipinski definition) is 4. The average molecular weight is 259 g/mol. The molecule has 0 bridgehead atoms.